The van der Waals surface area contributed by atoms with Gasteiger partial charge in [0.15, 0.2) is 0 Å². The van der Waals surface area contributed by atoms with Crippen LogP contribution in [-0.2, 0) is 4.74 Å². The van der Waals surface area contributed by atoms with Crippen molar-refractivity contribution in [3.05, 3.63) is 23.8 Å². The van der Waals surface area contributed by atoms with Gasteiger partial charge in [-0.3, -0.25) is 4.90 Å². The number of anilines is 1. The fourth-order valence-electron chi connectivity index (χ4n) is 1.94. The highest BCUT2D eigenvalue weighted by atomic mass is 32.2. The molecule has 0 aliphatic carbocycles. The first-order valence-electron chi connectivity index (χ1n) is 6.05. The van der Waals surface area contributed by atoms with E-state index in [1.165, 1.54) is 10.5 Å². The molecule has 94 valence electrons. The monoisotopic (exact) mass is 252 g/mol. The summed E-state index contributed by atoms with van der Waals surface area (Å²) < 4.78 is 5.33. The van der Waals surface area contributed by atoms with E-state index in [0.29, 0.717) is 0 Å². The first-order valence-corrected chi connectivity index (χ1v) is 7.03. The maximum atomic E-state index is 5.74. The number of morpholine rings is 1. The van der Waals surface area contributed by atoms with Crippen LogP contribution in [0, 0.1) is 6.92 Å². The summed E-state index contributed by atoms with van der Waals surface area (Å²) in [5.74, 6) is 1.13. The van der Waals surface area contributed by atoms with E-state index in [9.17, 15) is 0 Å². The molecule has 0 radical (unpaired) electrons. The van der Waals surface area contributed by atoms with Crippen LogP contribution in [0.15, 0.2) is 23.1 Å². The van der Waals surface area contributed by atoms with Crippen LogP contribution in [0.4, 0.5) is 5.69 Å². The minimum Gasteiger partial charge on any atom is -0.399 e. The van der Waals surface area contributed by atoms with E-state index in [1.807, 2.05) is 23.9 Å². The number of hydrogen-bond acceptors (Lipinski definition) is 4. The summed E-state index contributed by atoms with van der Waals surface area (Å²) in [5.41, 5.74) is 7.86. The van der Waals surface area contributed by atoms with Crippen molar-refractivity contribution in [1.82, 2.24) is 4.90 Å². The van der Waals surface area contributed by atoms with Gasteiger partial charge in [0.1, 0.15) is 0 Å². The third-order valence-electron chi connectivity index (χ3n) is 2.97. The Morgan fingerprint density at radius 2 is 2.12 bits per heavy atom. The highest BCUT2D eigenvalue weighted by molar-refractivity contribution is 7.99. The van der Waals surface area contributed by atoms with Gasteiger partial charge in [0.2, 0.25) is 0 Å². The van der Waals surface area contributed by atoms with Crippen LogP contribution in [0.5, 0.6) is 0 Å². The van der Waals surface area contributed by atoms with E-state index >= 15 is 0 Å². The quantitative estimate of drug-likeness (QED) is 0.657. The first kappa shape index (κ1) is 12.7. The number of aryl methyl sites for hydroxylation is 1. The van der Waals surface area contributed by atoms with E-state index in [4.69, 9.17) is 10.5 Å². The van der Waals surface area contributed by atoms with Gasteiger partial charge in [-0.2, -0.15) is 0 Å². The molecule has 1 saturated heterocycles. The second kappa shape index (κ2) is 6.28. The molecule has 2 N–H and O–H groups in total. The summed E-state index contributed by atoms with van der Waals surface area (Å²) in [6.07, 6.45) is 0. The third kappa shape index (κ3) is 3.91. The van der Waals surface area contributed by atoms with Crippen molar-refractivity contribution in [2.75, 3.05) is 44.3 Å². The zero-order chi connectivity index (χ0) is 12.1. The fourth-order valence-corrected chi connectivity index (χ4v) is 2.96. The molecule has 17 heavy (non-hydrogen) atoms. The summed E-state index contributed by atoms with van der Waals surface area (Å²) >= 11 is 1.91. The van der Waals surface area contributed by atoms with Crippen LogP contribution in [0.1, 0.15) is 5.56 Å². The van der Waals surface area contributed by atoms with Crippen molar-refractivity contribution in [2.45, 2.75) is 11.8 Å². The van der Waals surface area contributed by atoms with Crippen molar-refractivity contribution in [2.24, 2.45) is 0 Å². The van der Waals surface area contributed by atoms with Gasteiger partial charge in [0.25, 0.3) is 0 Å². The first-order chi connectivity index (χ1) is 8.25. The summed E-state index contributed by atoms with van der Waals surface area (Å²) in [5, 5.41) is 0. The molecule has 1 aromatic rings. The third-order valence-corrected chi connectivity index (χ3v) is 4.12. The van der Waals surface area contributed by atoms with E-state index in [-0.39, 0.29) is 0 Å². The molecule has 0 bridgehead atoms. The van der Waals surface area contributed by atoms with E-state index < -0.39 is 0 Å². The lowest BCUT2D eigenvalue weighted by molar-refractivity contribution is 0.0410. The van der Waals surface area contributed by atoms with Gasteiger partial charge in [-0.25, -0.2) is 0 Å². The molecule has 1 heterocycles. The minimum atomic E-state index is 0.847. The number of hydrogen-bond donors (Lipinski definition) is 1. The Morgan fingerprint density at radius 3 is 2.82 bits per heavy atom. The number of nitrogen functional groups attached to an aromatic ring is 1. The summed E-state index contributed by atoms with van der Waals surface area (Å²) in [6, 6.07) is 6.13. The van der Waals surface area contributed by atoms with E-state index in [2.05, 4.69) is 17.9 Å². The highest BCUT2D eigenvalue weighted by Gasteiger charge is 2.09. The number of nitrogens with two attached hydrogens (primary N) is 1. The Labute approximate surface area is 107 Å². The van der Waals surface area contributed by atoms with Gasteiger partial charge in [-0.1, -0.05) is 0 Å². The normalized spacial score (nSPS) is 17.2. The molecule has 0 saturated carbocycles. The Balaban J connectivity index is 1.77. The summed E-state index contributed by atoms with van der Waals surface area (Å²) in [4.78, 5) is 3.80. The van der Waals surface area contributed by atoms with Crippen molar-refractivity contribution in [1.29, 1.82) is 0 Å². The van der Waals surface area contributed by atoms with Gasteiger partial charge in [0, 0.05) is 36.0 Å². The molecule has 1 aliphatic heterocycles. The molecule has 3 nitrogen and oxygen atoms in total. The van der Waals surface area contributed by atoms with Gasteiger partial charge in [0.05, 0.1) is 13.2 Å². The molecule has 0 atom stereocenters. The van der Waals surface area contributed by atoms with Crippen LogP contribution in [0.3, 0.4) is 0 Å². The number of rotatable bonds is 4. The Bertz CT molecular complexity index is 364. The predicted octanol–water partition coefficient (Wildman–Crippen LogP) is 2.00. The van der Waals surface area contributed by atoms with Gasteiger partial charge >= 0.3 is 0 Å². The lowest BCUT2D eigenvalue weighted by atomic mass is 10.2. The molecule has 1 fully saturated rings. The second-order valence-corrected chi connectivity index (χ2v) is 5.46. The fraction of sp³-hybridized carbons (Fsp3) is 0.538. The summed E-state index contributed by atoms with van der Waals surface area (Å²) in [6.45, 7) is 7.16. The van der Waals surface area contributed by atoms with Gasteiger partial charge in [-0.05, 0) is 30.7 Å². The van der Waals surface area contributed by atoms with Crippen molar-refractivity contribution in [3.63, 3.8) is 0 Å². The van der Waals surface area contributed by atoms with Gasteiger partial charge in [-0.15, -0.1) is 11.8 Å². The predicted molar refractivity (Wildman–Crippen MR) is 73.6 cm³/mol. The van der Waals surface area contributed by atoms with Crippen molar-refractivity contribution >= 4 is 17.4 Å². The van der Waals surface area contributed by atoms with E-state index in [1.54, 1.807) is 0 Å². The lowest BCUT2D eigenvalue weighted by Gasteiger charge is -2.26. The van der Waals surface area contributed by atoms with Crippen LogP contribution in [0.2, 0.25) is 0 Å². The molecular weight excluding hydrogens is 232 g/mol. The number of benzene rings is 1. The average Bonchev–Trinajstić information content (AvgIpc) is 2.33. The van der Waals surface area contributed by atoms with Crippen LogP contribution >= 0.6 is 11.8 Å². The molecular formula is C13H20N2OS. The number of nitrogens with zero attached hydrogens (tertiary/aromatic N) is 1. The maximum absolute atomic E-state index is 5.74. The smallest absolute Gasteiger partial charge is 0.0594 e. The molecule has 1 aromatic carbocycles. The molecule has 0 spiro atoms. The zero-order valence-corrected chi connectivity index (χ0v) is 11.1. The maximum Gasteiger partial charge on any atom is 0.0594 e. The van der Waals surface area contributed by atoms with Crippen molar-refractivity contribution in [3.8, 4) is 0 Å². The van der Waals surface area contributed by atoms with Crippen LogP contribution in [0.25, 0.3) is 0 Å². The molecule has 1 aliphatic rings. The lowest BCUT2D eigenvalue weighted by Crippen LogP contribution is -2.37. The van der Waals surface area contributed by atoms with Gasteiger partial charge < -0.3 is 10.5 Å². The molecule has 2 rings (SSSR count). The Kier molecular flexibility index (Phi) is 4.71. The molecule has 4 heteroatoms. The van der Waals surface area contributed by atoms with Crippen LogP contribution in [-0.4, -0.2) is 43.5 Å². The highest BCUT2D eigenvalue weighted by Crippen LogP contribution is 2.24. The standard InChI is InChI=1S/C13H20N2OS/c1-11-10-12(14)2-3-13(11)17-9-6-15-4-7-16-8-5-15/h2-3,10H,4-9,14H2,1H3. The summed E-state index contributed by atoms with van der Waals surface area (Å²) in [7, 11) is 0. The topological polar surface area (TPSA) is 38.5 Å². The number of thioether (sulfide) groups is 1. The Morgan fingerprint density at radius 1 is 1.35 bits per heavy atom. The van der Waals surface area contributed by atoms with Crippen molar-refractivity contribution < 1.29 is 4.74 Å². The SMILES string of the molecule is Cc1cc(N)ccc1SCCN1CCOCC1. The number of ether oxygens (including phenoxy) is 1. The molecule has 0 amide bonds. The zero-order valence-electron chi connectivity index (χ0n) is 10.3. The Hall–Kier alpha value is -0.710. The molecule has 0 unspecified atom stereocenters. The largest absolute Gasteiger partial charge is 0.399 e. The average molecular weight is 252 g/mol. The second-order valence-electron chi connectivity index (χ2n) is 4.33. The van der Waals surface area contributed by atoms with E-state index in [0.717, 1.165) is 44.3 Å². The molecule has 0 aromatic heterocycles. The van der Waals surface area contributed by atoms with Crippen LogP contribution < -0.4 is 5.73 Å². The minimum absolute atomic E-state index is 0.847.